The first-order valence-corrected chi connectivity index (χ1v) is 11.7. The fourth-order valence-electron chi connectivity index (χ4n) is 2.91. The SMILES string of the molecule is Cc1ccc(-c2noc(-c3sccc3S(=O)(=O)N(C)c3ccc(Cl)cc3)n2)cc1C. The summed E-state index contributed by atoms with van der Waals surface area (Å²) in [6, 6.07) is 14.0. The summed E-state index contributed by atoms with van der Waals surface area (Å²) in [6.07, 6.45) is 0. The minimum atomic E-state index is -3.84. The smallest absolute Gasteiger partial charge is 0.269 e. The van der Waals surface area contributed by atoms with E-state index < -0.39 is 10.0 Å². The van der Waals surface area contributed by atoms with E-state index in [-0.39, 0.29) is 10.8 Å². The van der Waals surface area contributed by atoms with Crippen LogP contribution in [0.2, 0.25) is 5.02 Å². The lowest BCUT2D eigenvalue weighted by Gasteiger charge is -2.19. The number of aromatic nitrogens is 2. The maximum Gasteiger partial charge on any atom is 0.269 e. The molecule has 4 aromatic rings. The number of nitrogens with zero attached hydrogens (tertiary/aromatic N) is 3. The van der Waals surface area contributed by atoms with Crippen LogP contribution in [-0.4, -0.2) is 25.6 Å². The molecule has 0 aliphatic heterocycles. The Morgan fingerprint density at radius 2 is 1.77 bits per heavy atom. The molecule has 0 bridgehead atoms. The highest BCUT2D eigenvalue weighted by Crippen LogP contribution is 2.35. The van der Waals surface area contributed by atoms with Gasteiger partial charge in [-0.1, -0.05) is 28.9 Å². The second kappa shape index (κ2) is 7.86. The zero-order valence-corrected chi connectivity index (χ0v) is 18.8. The maximum absolute atomic E-state index is 13.2. The van der Waals surface area contributed by atoms with Gasteiger partial charge in [0.25, 0.3) is 15.9 Å². The van der Waals surface area contributed by atoms with Crippen molar-refractivity contribution in [2.45, 2.75) is 18.7 Å². The number of benzene rings is 2. The summed E-state index contributed by atoms with van der Waals surface area (Å²) in [6.45, 7) is 4.04. The molecule has 0 radical (unpaired) electrons. The average Bonchev–Trinajstić information content (AvgIpc) is 3.39. The van der Waals surface area contributed by atoms with Gasteiger partial charge in [0.1, 0.15) is 9.77 Å². The minimum Gasteiger partial charge on any atom is -0.333 e. The predicted octanol–water partition coefficient (Wildman–Crippen LogP) is 5.56. The molecule has 0 unspecified atom stereocenters. The second-order valence-corrected chi connectivity index (χ2v) is 10.1. The molecule has 0 saturated carbocycles. The number of thiophene rings is 1. The van der Waals surface area contributed by atoms with Crippen LogP contribution in [0.1, 0.15) is 11.1 Å². The van der Waals surface area contributed by atoms with Crippen LogP contribution in [0.4, 0.5) is 5.69 Å². The molecule has 0 aliphatic carbocycles. The molecule has 9 heteroatoms. The zero-order valence-electron chi connectivity index (χ0n) is 16.5. The van der Waals surface area contributed by atoms with Crippen molar-refractivity contribution in [3.05, 3.63) is 70.1 Å². The van der Waals surface area contributed by atoms with Crippen molar-refractivity contribution in [3.8, 4) is 22.2 Å². The van der Waals surface area contributed by atoms with Crippen molar-refractivity contribution in [2.24, 2.45) is 0 Å². The van der Waals surface area contributed by atoms with Gasteiger partial charge in [0.15, 0.2) is 0 Å². The van der Waals surface area contributed by atoms with E-state index in [4.69, 9.17) is 16.1 Å². The molecule has 0 N–H and O–H groups in total. The molecule has 0 spiro atoms. The van der Waals surface area contributed by atoms with Crippen LogP contribution in [-0.2, 0) is 10.0 Å². The molecule has 0 saturated heterocycles. The van der Waals surface area contributed by atoms with Gasteiger partial charge in [0.05, 0.1) is 5.69 Å². The van der Waals surface area contributed by atoms with Crippen LogP contribution in [0.25, 0.3) is 22.2 Å². The molecule has 6 nitrogen and oxygen atoms in total. The summed E-state index contributed by atoms with van der Waals surface area (Å²) >= 11 is 7.15. The van der Waals surface area contributed by atoms with Gasteiger partial charge in [-0.2, -0.15) is 4.98 Å². The number of aryl methyl sites for hydroxylation is 2. The molecule has 4 rings (SSSR count). The highest BCUT2D eigenvalue weighted by Gasteiger charge is 2.28. The van der Waals surface area contributed by atoms with Gasteiger partial charge in [-0.3, -0.25) is 4.31 Å². The summed E-state index contributed by atoms with van der Waals surface area (Å²) in [5, 5.41) is 6.27. The summed E-state index contributed by atoms with van der Waals surface area (Å²) in [7, 11) is -2.34. The van der Waals surface area contributed by atoms with Gasteiger partial charge in [-0.25, -0.2) is 8.42 Å². The van der Waals surface area contributed by atoms with Crippen LogP contribution in [0.5, 0.6) is 0 Å². The molecule has 30 heavy (non-hydrogen) atoms. The predicted molar refractivity (Wildman–Crippen MR) is 120 cm³/mol. The van der Waals surface area contributed by atoms with Crippen molar-refractivity contribution in [1.82, 2.24) is 10.1 Å². The molecule has 2 aromatic carbocycles. The molecular formula is C21H18ClN3O3S2. The van der Waals surface area contributed by atoms with Crippen LogP contribution >= 0.6 is 22.9 Å². The first-order valence-electron chi connectivity index (χ1n) is 9.01. The molecule has 0 atom stereocenters. The molecule has 154 valence electrons. The Morgan fingerprint density at radius 3 is 2.47 bits per heavy atom. The lowest BCUT2D eigenvalue weighted by Crippen LogP contribution is -2.26. The first-order chi connectivity index (χ1) is 14.3. The summed E-state index contributed by atoms with van der Waals surface area (Å²) < 4.78 is 33.1. The lowest BCUT2D eigenvalue weighted by molar-refractivity contribution is 0.432. The summed E-state index contributed by atoms with van der Waals surface area (Å²) in [5.74, 6) is 0.581. The largest absolute Gasteiger partial charge is 0.333 e. The Morgan fingerprint density at radius 1 is 1.03 bits per heavy atom. The third-order valence-corrected chi connectivity index (χ3v) is 7.95. The van der Waals surface area contributed by atoms with Gasteiger partial charge in [-0.05, 0) is 66.8 Å². The Balaban J connectivity index is 1.70. The monoisotopic (exact) mass is 459 g/mol. The fourth-order valence-corrected chi connectivity index (χ4v) is 5.54. The van der Waals surface area contributed by atoms with E-state index in [1.54, 1.807) is 35.7 Å². The van der Waals surface area contributed by atoms with Gasteiger partial charge in [0.2, 0.25) is 5.82 Å². The van der Waals surface area contributed by atoms with Crippen molar-refractivity contribution < 1.29 is 12.9 Å². The summed E-state index contributed by atoms with van der Waals surface area (Å²) in [4.78, 5) is 4.96. The van der Waals surface area contributed by atoms with Crippen LogP contribution in [0, 0.1) is 13.8 Å². The van der Waals surface area contributed by atoms with Crippen molar-refractivity contribution in [2.75, 3.05) is 11.4 Å². The zero-order chi connectivity index (χ0) is 21.5. The number of sulfonamides is 1. The van der Waals surface area contributed by atoms with E-state index in [0.717, 1.165) is 11.1 Å². The minimum absolute atomic E-state index is 0.111. The Hall–Kier alpha value is -2.68. The Bertz CT molecular complexity index is 1310. The van der Waals surface area contributed by atoms with E-state index in [2.05, 4.69) is 10.1 Å². The summed E-state index contributed by atoms with van der Waals surface area (Å²) in [5.41, 5.74) is 3.59. The standard InChI is InChI=1S/C21H18ClN3O3S2/c1-13-4-5-15(12-14(13)2)20-23-21(28-24-20)19-18(10-11-29-19)30(26,27)25(3)17-8-6-16(22)7-9-17/h4-12H,1-3H3. The third kappa shape index (κ3) is 3.74. The van der Waals surface area contributed by atoms with E-state index in [9.17, 15) is 8.42 Å². The Labute approximate surface area is 183 Å². The number of hydrogen-bond donors (Lipinski definition) is 0. The molecule has 2 heterocycles. The fraction of sp³-hybridized carbons (Fsp3) is 0.143. The number of halogens is 1. The Kier molecular flexibility index (Phi) is 5.40. The van der Waals surface area contributed by atoms with Crippen molar-refractivity contribution in [3.63, 3.8) is 0 Å². The van der Waals surface area contributed by atoms with Gasteiger partial charge in [0, 0.05) is 17.6 Å². The van der Waals surface area contributed by atoms with E-state index in [0.29, 0.717) is 21.4 Å². The average molecular weight is 460 g/mol. The van der Waals surface area contributed by atoms with Gasteiger partial charge in [-0.15, -0.1) is 11.3 Å². The number of anilines is 1. The van der Waals surface area contributed by atoms with Crippen LogP contribution < -0.4 is 4.31 Å². The van der Waals surface area contributed by atoms with E-state index in [1.165, 1.54) is 28.3 Å². The lowest BCUT2D eigenvalue weighted by atomic mass is 10.1. The van der Waals surface area contributed by atoms with Gasteiger partial charge >= 0.3 is 0 Å². The molecule has 0 fully saturated rings. The highest BCUT2D eigenvalue weighted by atomic mass is 35.5. The van der Waals surface area contributed by atoms with Crippen molar-refractivity contribution in [1.29, 1.82) is 0 Å². The molecule has 0 amide bonds. The van der Waals surface area contributed by atoms with Crippen LogP contribution in [0.3, 0.4) is 0 Å². The molecular weight excluding hydrogens is 442 g/mol. The number of hydrogen-bond acceptors (Lipinski definition) is 6. The van der Waals surface area contributed by atoms with E-state index in [1.807, 2.05) is 32.0 Å². The normalized spacial score (nSPS) is 11.6. The van der Waals surface area contributed by atoms with Crippen molar-refractivity contribution >= 4 is 38.6 Å². The topological polar surface area (TPSA) is 76.3 Å². The first kappa shape index (κ1) is 20.6. The second-order valence-electron chi connectivity index (χ2n) is 6.79. The molecule has 2 aromatic heterocycles. The highest BCUT2D eigenvalue weighted by molar-refractivity contribution is 7.93. The maximum atomic E-state index is 13.2. The quantitative estimate of drug-likeness (QED) is 0.390. The van der Waals surface area contributed by atoms with E-state index >= 15 is 0 Å². The number of rotatable bonds is 5. The third-order valence-electron chi connectivity index (χ3n) is 4.84. The van der Waals surface area contributed by atoms with Gasteiger partial charge < -0.3 is 4.52 Å². The van der Waals surface area contributed by atoms with Crippen LogP contribution in [0.15, 0.2) is 63.3 Å². The molecule has 0 aliphatic rings.